The molecule has 0 fully saturated rings. The van der Waals surface area contributed by atoms with Crippen molar-refractivity contribution in [3.8, 4) is 6.01 Å². The fraction of sp³-hybridized carbons (Fsp3) is 0.556. The zero-order chi connectivity index (χ0) is 12.9. The Bertz CT molecular complexity index is 494. The summed E-state index contributed by atoms with van der Waals surface area (Å²) in [6.07, 6.45) is 3.91. The molecule has 8 heteroatoms. The lowest BCUT2D eigenvalue weighted by Crippen LogP contribution is -2.12. The minimum atomic E-state index is -3.56. The van der Waals surface area contributed by atoms with Crippen LogP contribution >= 0.6 is 11.8 Å². The molecule has 0 spiro atoms. The van der Waals surface area contributed by atoms with Crippen molar-refractivity contribution in [2.45, 2.75) is 19.0 Å². The van der Waals surface area contributed by atoms with Gasteiger partial charge in [0.1, 0.15) is 0 Å². The molecule has 0 aromatic carbocycles. The van der Waals surface area contributed by atoms with E-state index in [-0.39, 0.29) is 11.8 Å². The van der Waals surface area contributed by atoms with Crippen LogP contribution in [-0.4, -0.2) is 34.7 Å². The molecule has 1 aromatic heterocycles. The summed E-state index contributed by atoms with van der Waals surface area (Å²) in [5, 5.41) is 4.50. The third-order valence-electron chi connectivity index (χ3n) is 1.80. The number of nitrogens with zero attached hydrogens (tertiary/aromatic N) is 3. The summed E-state index contributed by atoms with van der Waals surface area (Å²) in [6.45, 7) is 3.43. The summed E-state index contributed by atoms with van der Waals surface area (Å²) in [6, 6.07) is -0.127. The summed E-state index contributed by atoms with van der Waals surface area (Å²) >= 11 is 1.45. The van der Waals surface area contributed by atoms with Gasteiger partial charge in [-0.3, -0.25) is 0 Å². The van der Waals surface area contributed by atoms with Crippen molar-refractivity contribution < 1.29 is 12.6 Å². The number of hydrogen-bond acceptors (Lipinski definition) is 6. The van der Waals surface area contributed by atoms with E-state index < -0.39 is 10.1 Å². The van der Waals surface area contributed by atoms with E-state index in [0.717, 1.165) is 5.75 Å². The van der Waals surface area contributed by atoms with Crippen LogP contribution in [0, 0.1) is 0 Å². The molecular formula is C9H15N3O3S2. The smallest absolute Gasteiger partial charge is 0.341 e. The second kappa shape index (κ2) is 6.06. The first-order chi connectivity index (χ1) is 7.98. The van der Waals surface area contributed by atoms with Crippen LogP contribution in [0.2, 0.25) is 0 Å². The van der Waals surface area contributed by atoms with Gasteiger partial charge in [0.15, 0.2) is 5.16 Å². The molecule has 0 bridgehead atoms. The van der Waals surface area contributed by atoms with Crippen molar-refractivity contribution in [1.82, 2.24) is 14.8 Å². The van der Waals surface area contributed by atoms with E-state index >= 15 is 0 Å². The summed E-state index contributed by atoms with van der Waals surface area (Å²) in [5.74, 6) is 0.648. The van der Waals surface area contributed by atoms with Crippen LogP contribution < -0.4 is 4.18 Å². The van der Waals surface area contributed by atoms with Gasteiger partial charge in [-0.25, -0.2) is 4.68 Å². The van der Waals surface area contributed by atoms with E-state index in [1.807, 2.05) is 19.1 Å². The van der Waals surface area contributed by atoms with E-state index in [2.05, 4.69) is 10.1 Å². The molecule has 0 atom stereocenters. The minimum Gasteiger partial charge on any atom is -0.341 e. The third kappa shape index (κ3) is 4.39. The molecule has 0 saturated heterocycles. The Labute approximate surface area is 105 Å². The zero-order valence-corrected chi connectivity index (χ0v) is 11.6. The summed E-state index contributed by atoms with van der Waals surface area (Å²) in [5.41, 5.74) is 0. The number of allylic oxidation sites excluding steroid dienone is 1. The molecule has 0 saturated carbocycles. The van der Waals surface area contributed by atoms with Crippen molar-refractivity contribution in [3.63, 3.8) is 0 Å². The van der Waals surface area contributed by atoms with Gasteiger partial charge in [0, 0.05) is 12.8 Å². The quantitative estimate of drug-likeness (QED) is 0.442. The first-order valence-corrected chi connectivity index (χ1v) is 7.62. The molecule has 0 aliphatic carbocycles. The van der Waals surface area contributed by atoms with Gasteiger partial charge in [0.05, 0.1) is 5.75 Å². The normalized spacial score (nSPS) is 12.2. The average Bonchev–Trinajstić information content (AvgIpc) is 2.59. The van der Waals surface area contributed by atoms with Gasteiger partial charge in [-0.2, -0.15) is 13.4 Å². The molecule has 0 aliphatic heterocycles. The van der Waals surface area contributed by atoms with Crippen LogP contribution in [0.25, 0.3) is 0 Å². The van der Waals surface area contributed by atoms with Crippen molar-refractivity contribution in [1.29, 1.82) is 0 Å². The SMILES string of the molecule is CC=CCSc1nc(OS(=O)(=O)CC)nn1C. The van der Waals surface area contributed by atoms with E-state index in [1.165, 1.54) is 23.4 Å². The lowest BCUT2D eigenvalue weighted by Gasteiger charge is -1.97. The van der Waals surface area contributed by atoms with Gasteiger partial charge in [0.2, 0.25) is 0 Å². The standard InChI is InChI=1S/C9H15N3O3S2/c1-4-6-7-16-9-10-8(11-12(9)3)15-17(13,14)5-2/h4,6H,5,7H2,1-3H3. The van der Waals surface area contributed by atoms with Crippen molar-refractivity contribution in [2.75, 3.05) is 11.5 Å². The van der Waals surface area contributed by atoms with Crippen LogP contribution in [0.1, 0.15) is 13.8 Å². The molecule has 17 heavy (non-hydrogen) atoms. The predicted molar refractivity (Wildman–Crippen MR) is 66.6 cm³/mol. The van der Waals surface area contributed by atoms with Crippen LogP contribution in [-0.2, 0) is 17.2 Å². The lowest BCUT2D eigenvalue weighted by atomic mass is 10.6. The van der Waals surface area contributed by atoms with Gasteiger partial charge < -0.3 is 4.18 Å². The first-order valence-electron chi connectivity index (χ1n) is 5.05. The van der Waals surface area contributed by atoms with Crippen LogP contribution in [0.15, 0.2) is 17.3 Å². The van der Waals surface area contributed by atoms with Gasteiger partial charge in [-0.15, -0.1) is 5.10 Å². The molecule has 1 heterocycles. The van der Waals surface area contributed by atoms with E-state index in [0.29, 0.717) is 5.16 Å². The zero-order valence-electron chi connectivity index (χ0n) is 9.95. The topological polar surface area (TPSA) is 74.1 Å². The molecule has 0 aliphatic rings. The summed E-state index contributed by atoms with van der Waals surface area (Å²) < 4.78 is 28.7. The third-order valence-corrected chi connectivity index (χ3v) is 3.89. The van der Waals surface area contributed by atoms with Gasteiger partial charge >= 0.3 is 16.1 Å². The number of aryl methyl sites for hydroxylation is 1. The largest absolute Gasteiger partial charge is 0.352 e. The highest BCUT2D eigenvalue weighted by atomic mass is 32.2. The number of thioether (sulfide) groups is 1. The van der Waals surface area contributed by atoms with Crippen LogP contribution in [0.4, 0.5) is 0 Å². The van der Waals surface area contributed by atoms with E-state index in [4.69, 9.17) is 4.18 Å². The maximum absolute atomic E-state index is 11.2. The van der Waals surface area contributed by atoms with Crippen LogP contribution in [0.5, 0.6) is 6.01 Å². The Morgan fingerprint density at radius 3 is 2.82 bits per heavy atom. The molecule has 0 amide bonds. The maximum atomic E-state index is 11.2. The fourth-order valence-electron chi connectivity index (χ4n) is 0.900. The Kier molecular flexibility index (Phi) is 5.01. The molecule has 96 valence electrons. The first kappa shape index (κ1) is 14.0. The molecule has 1 aromatic rings. The maximum Gasteiger partial charge on any atom is 0.352 e. The monoisotopic (exact) mass is 277 g/mol. The van der Waals surface area contributed by atoms with Crippen LogP contribution in [0.3, 0.4) is 0 Å². The van der Waals surface area contributed by atoms with Crippen molar-refractivity contribution in [2.24, 2.45) is 7.05 Å². The lowest BCUT2D eigenvalue weighted by molar-refractivity contribution is 0.463. The number of hydrogen-bond donors (Lipinski definition) is 0. The van der Waals surface area contributed by atoms with Gasteiger partial charge in [-0.1, -0.05) is 23.9 Å². The molecule has 0 N–H and O–H groups in total. The number of aromatic nitrogens is 3. The summed E-state index contributed by atoms with van der Waals surface area (Å²) in [7, 11) is -1.87. The molecule has 0 unspecified atom stereocenters. The fourth-order valence-corrected chi connectivity index (χ4v) is 2.12. The van der Waals surface area contributed by atoms with Gasteiger partial charge in [-0.05, 0) is 13.8 Å². The minimum absolute atomic E-state index is 0.105. The summed E-state index contributed by atoms with van der Waals surface area (Å²) in [4.78, 5) is 3.99. The predicted octanol–water partition coefficient (Wildman–Crippen LogP) is 1.21. The average molecular weight is 277 g/mol. The van der Waals surface area contributed by atoms with Gasteiger partial charge in [0.25, 0.3) is 0 Å². The van der Waals surface area contributed by atoms with E-state index in [9.17, 15) is 8.42 Å². The second-order valence-electron chi connectivity index (χ2n) is 3.11. The van der Waals surface area contributed by atoms with Crippen molar-refractivity contribution >= 4 is 21.9 Å². The molecule has 0 radical (unpaired) electrons. The second-order valence-corrected chi connectivity index (χ2v) is 5.96. The Hall–Kier alpha value is -1.02. The Balaban J connectivity index is 2.74. The van der Waals surface area contributed by atoms with Crippen molar-refractivity contribution in [3.05, 3.63) is 12.2 Å². The highest BCUT2D eigenvalue weighted by Crippen LogP contribution is 2.18. The Morgan fingerprint density at radius 2 is 2.24 bits per heavy atom. The molecular weight excluding hydrogens is 262 g/mol. The number of rotatable bonds is 6. The Morgan fingerprint density at radius 1 is 1.53 bits per heavy atom. The van der Waals surface area contributed by atoms with E-state index in [1.54, 1.807) is 7.05 Å². The highest BCUT2D eigenvalue weighted by Gasteiger charge is 2.15. The molecule has 1 rings (SSSR count). The highest BCUT2D eigenvalue weighted by molar-refractivity contribution is 7.99. The molecule has 6 nitrogen and oxygen atoms in total.